The van der Waals surface area contributed by atoms with Crippen LogP contribution in [-0.4, -0.2) is 24.4 Å². The number of hydrogen-bond acceptors (Lipinski definition) is 3. The Morgan fingerprint density at radius 3 is 3.10 bits per heavy atom. The topological polar surface area (TPSA) is 71.3 Å². The number of nitrogens with one attached hydrogen (secondary N) is 2. The molecule has 0 spiro atoms. The summed E-state index contributed by atoms with van der Waals surface area (Å²) in [6.07, 6.45) is 1.30. The average molecular weight is 272 g/mol. The van der Waals surface area contributed by atoms with Crippen molar-refractivity contribution in [2.75, 3.05) is 6.54 Å². The van der Waals surface area contributed by atoms with Crippen molar-refractivity contribution in [2.24, 2.45) is 0 Å². The molecule has 2 heterocycles. The number of furan rings is 1. The molecule has 2 amide bonds. The van der Waals surface area contributed by atoms with E-state index in [-0.39, 0.29) is 17.9 Å². The van der Waals surface area contributed by atoms with Gasteiger partial charge < -0.3 is 15.1 Å². The molecule has 1 aliphatic heterocycles. The lowest BCUT2D eigenvalue weighted by Crippen LogP contribution is -2.38. The lowest BCUT2D eigenvalue weighted by Gasteiger charge is -2.11. The highest BCUT2D eigenvalue weighted by Gasteiger charge is 2.21. The number of carbonyl (C=O) groups is 2. The molecule has 1 aromatic carbocycles. The molecule has 1 fully saturated rings. The zero-order valence-electron chi connectivity index (χ0n) is 11.2. The molecule has 5 nitrogen and oxygen atoms in total. The first-order valence-corrected chi connectivity index (χ1v) is 6.70. The monoisotopic (exact) mass is 272 g/mol. The van der Waals surface area contributed by atoms with E-state index in [2.05, 4.69) is 10.6 Å². The largest absolute Gasteiger partial charge is 0.461 e. The summed E-state index contributed by atoms with van der Waals surface area (Å²) in [5.74, 6) is 0.655. The number of benzene rings is 1. The van der Waals surface area contributed by atoms with Crippen molar-refractivity contribution in [3.05, 3.63) is 35.6 Å². The van der Waals surface area contributed by atoms with Crippen LogP contribution in [0.15, 0.2) is 28.7 Å². The zero-order valence-corrected chi connectivity index (χ0v) is 11.2. The Kier molecular flexibility index (Phi) is 3.18. The molecule has 0 radical (unpaired) electrons. The number of fused-ring (bicyclic) bond motifs is 1. The molecule has 104 valence electrons. The van der Waals surface area contributed by atoms with Gasteiger partial charge in [0.15, 0.2) is 0 Å². The second-order valence-corrected chi connectivity index (χ2v) is 5.09. The van der Waals surface area contributed by atoms with Crippen molar-refractivity contribution in [1.29, 1.82) is 0 Å². The Morgan fingerprint density at radius 2 is 2.35 bits per heavy atom. The van der Waals surface area contributed by atoms with Crippen LogP contribution >= 0.6 is 0 Å². The Labute approximate surface area is 116 Å². The fraction of sp³-hybridized carbons (Fsp3) is 0.333. The summed E-state index contributed by atoms with van der Waals surface area (Å²) in [4.78, 5) is 23.3. The molecule has 1 atom stereocenters. The number of carbonyl (C=O) groups excluding carboxylic acids is 2. The third-order valence-corrected chi connectivity index (χ3v) is 3.51. The first-order chi connectivity index (χ1) is 9.63. The van der Waals surface area contributed by atoms with Gasteiger partial charge in [-0.25, -0.2) is 0 Å². The first-order valence-electron chi connectivity index (χ1n) is 6.70. The molecule has 1 aliphatic rings. The number of amides is 2. The molecule has 1 aromatic heterocycles. The molecule has 0 bridgehead atoms. The van der Waals surface area contributed by atoms with E-state index in [1.54, 1.807) is 6.07 Å². The van der Waals surface area contributed by atoms with Gasteiger partial charge in [0.25, 0.3) is 5.91 Å². The molecule has 0 aliphatic carbocycles. The summed E-state index contributed by atoms with van der Waals surface area (Å²) in [5.41, 5.74) is 1.14. The van der Waals surface area contributed by atoms with Crippen LogP contribution < -0.4 is 10.6 Å². The highest BCUT2D eigenvalue weighted by Crippen LogP contribution is 2.22. The summed E-state index contributed by atoms with van der Waals surface area (Å²) in [6.45, 7) is 2.30. The van der Waals surface area contributed by atoms with Crippen molar-refractivity contribution in [1.82, 2.24) is 10.6 Å². The van der Waals surface area contributed by atoms with Gasteiger partial charge in [-0.2, -0.15) is 0 Å². The van der Waals surface area contributed by atoms with Gasteiger partial charge in [0.05, 0.1) is 5.56 Å². The van der Waals surface area contributed by atoms with E-state index < -0.39 is 0 Å². The van der Waals surface area contributed by atoms with Crippen molar-refractivity contribution in [3.8, 4) is 0 Å². The maximum absolute atomic E-state index is 12.2. The van der Waals surface area contributed by atoms with Crippen molar-refractivity contribution in [3.63, 3.8) is 0 Å². The number of hydrogen-bond donors (Lipinski definition) is 2. The van der Waals surface area contributed by atoms with Crippen LogP contribution in [0.5, 0.6) is 0 Å². The van der Waals surface area contributed by atoms with Crippen LogP contribution in [-0.2, 0) is 4.79 Å². The lowest BCUT2D eigenvalue weighted by atomic mass is 10.1. The lowest BCUT2D eigenvalue weighted by molar-refractivity contribution is -0.119. The Hall–Kier alpha value is -2.30. The quantitative estimate of drug-likeness (QED) is 0.894. The Balaban J connectivity index is 1.74. The second-order valence-electron chi connectivity index (χ2n) is 5.09. The molecule has 5 heteroatoms. The van der Waals surface area contributed by atoms with Gasteiger partial charge in [0, 0.05) is 24.4 Å². The smallest absolute Gasteiger partial charge is 0.255 e. The summed E-state index contributed by atoms with van der Waals surface area (Å²) in [6, 6.07) is 7.43. The van der Waals surface area contributed by atoms with E-state index >= 15 is 0 Å². The van der Waals surface area contributed by atoms with Crippen molar-refractivity contribution in [2.45, 2.75) is 25.8 Å². The highest BCUT2D eigenvalue weighted by atomic mass is 16.3. The average Bonchev–Trinajstić information content (AvgIpc) is 3.00. The minimum absolute atomic E-state index is 0.0315. The minimum Gasteiger partial charge on any atom is -0.461 e. The third-order valence-electron chi connectivity index (χ3n) is 3.51. The number of rotatable bonds is 3. The van der Waals surface area contributed by atoms with Crippen LogP contribution in [0.4, 0.5) is 0 Å². The van der Waals surface area contributed by atoms with Crippen LogP contribution in [0.2, 0.25) is 0 Å². The standard InChI is InChI=1S/C15H16N2O3/c1-9-7-10-3-2-4-12(14(10)20-9)15(19)16-8-11-5-6-13(18)17-11/h2-4,7,11H,5-6,8H2,1H3,(H,16,19)(H,17,18)/t11-/m0/s1. The summed E-state index contributed by atoms with van der Waals surface area (Å²) in [7, 11) is 0. The van der Waals surface area contributed by atoms with Crippen LogP contribution in [0, 0.1) is 6.92 Å². The zero-order chi connectivity index (χ0) is 14.1. The predicted octanol–water partition coefficient (Wildman–Crippen LogP) is 1.75. The fourth-order valence-electron chi connectivity index (χ4n) is 2.51. The van der Waals surface area contributed by atoms with Gasteiger partial charge in [-0.3, -0.25) is 9.59 Å². The maximum atomic E-state index is 12.2. The SMILES string of the molecule is Cc1cc2cccc(C(=O)NC[C@@H]3CCC(=O)N3)c2o1. The molecule has 3 rings (SSSR count). The van der Waals surface area contributed by atoms with Crippen LogP contribution in [0.25, 0.3) is 11.0 Å². The van der Waals surface area contributed by atoms with E-state index in [9.17, 15) is 9.59 Å². The molecular formula is C15H16N2O3. The molecular weight excluding hydrogens is 256 g/mol. The van der Waals surface area contributed by atoms with Gasteiger partial charge >= 0.3 is 0 Å². The predicted molar refractivity (Wildman–Crippen MR) is 74.4 cm³/mol. The highest BCUT2D eigenvalue weighted by molar-refractivity contribution is 6.05. The van der Waals surface area contributed by atoms with E-state index in [4.69, 9.17) is 4.42 Å². The Bertz CT molecular complexity index is 675. The summed E-state index contributed by atoms with van der Waals surface area (Å²) in [5, 5.41) is 6.59. The molecule has 2 N–H and O–H groups in total. The normalized spacial score (nSPS) is 18.2. The second kappa shape index (κ2) is 5.00. The minimum atomic E-state index is -0.175. The van der Waals surface area contributed by atoms with E-state index in [0.717, 1.165) is 17.6 Å². The van der Waals surface area contributed by atoms with Gasteiger partial charge in [-0.05, 0) is 25.5 Å². The maximum Gasteiger partial charge on any atom is 0.255 e. The van der Waals surface area contributed by atoms with Gasteiger partial charge in [-0.1, -0.05) is 12.1 Å². The molecule has 1 saturated heterocycles. The molecule has 2 aromatic rings. The summed E-state index contributed by atoms with van der Waals surface area (Å²) >= 11 is 0. The van der Waals surface area contributed by atoms with E-state index in [1.807, 2.05) is 25.1 Å². The number of para-hydroxylation sites is 1. The molecule has 0 unspecified atom stereocenters. The van der Waals surface area contributed by atoms with Gasteiger partial charge in [0.1, 0.15) is 11.3 Å². The van der Waals surface area contributed by atoms with Crippen molar-refractivity contribution >= 4 is 22.8 Å². The fourth-order valence-corrected chi connectivity index (χ4v) is 2.51. The van der Waals surface area contributed by atoms with Gasteiger partial charge in [0.2, 0.25) is 5.91 Å². The summed E-state index contributed by atoms with van der Waals surface area (Å²) < 4.78 is 5.58. The first kappa shape index (κ1) is 12.7. The van der Waals surface area contributed by atoms with E-state index in [0.29, 0.717) is 24.1 Å². The molecule has 0 saturated carbocycles. The van der Waals surface area contributed by atoms with Crippen molar-refractivity contribution < 1.29 is 14.0 Å². The third kappa shape index (κ3) is 2.39. The number of aryl methyl sites for hydroxylation is 1. The Morgan fingerprint density at radius 1 is 1.50 bits per heavy atom. The van der Waals surface area contributed by atoms with Gasteiger partial charge in [-0.15, -0.1) is 0 Å². The van der Waals surface area contributed by atoms with Crippen LogP contribution in [0.3, 0.4) is 0 Å². The van der Waals surface area contributed by atoms with Crippen LogP contribution in [0.1, 0.15) is 29.0 Å². The van der Waals surface area contributed by atoms with E-state index in [1.165, 1.54) is 0 Å². The molecule has 20 heavy (non-hydrogen) atoms.